The zero-order chi connectivity index (χ0) is 21.6. The van der Waals surface area contributed by atoms with Crippen LogP contribution in [0.4, 0.5) is 5.69 Å². The number of para-hydroxylation sites is 2. The smallest absolute Gasteiger partial charge is 0.240 e. The third kappa shape index (κ3) is 5.42. The zero-order valence-corrected chi connectivity index (χ0v) is 17.9. The molecule has 2 N–H and O–H groups in total. The number of rotatable bonds is 6. The fourth-order valence-electron chi connectivity index (χ4n) is 4.08. The Bertz CT molecular complexity index is 909. The van der Waals surface area contributed by atoms with E-state index in [0.29, 0.717) is 18.0 Å². The van der Waals surface area contributed by atoms with Crippen LogP contribution in [-0.2, 0) is 14.3 Å². The highest BCUT2D eigenvalue weighted by molar-refractivity contribution is 6.00. The molecule has 0 bridgehead atoms. The van der Waals surface area contributed by atoms with E-state index in [1.54, 1.807) is 0 Å². The number of carbonyl (C=O) groups excluding carboxylic acids is 2. The predicted octanol–water partition coefficient (Wildman–Crippen LogP) is 0.883. The summed E-state index contributed by atoms with van der Waals surface area (Å²) in [5.74, 6) is 0.350. The highest BCUT2D eigenvalue weighted by atomic mass is 16.5. The molecule has 2 aromatic rings. The molecular weight excluding hydrogens is 394 g/mol. The lowest BCUT2D eigenvalue weighted by Crippen LogP contribution is -3.14. The summed E-state index contributed by atoms with van der Waals surface area (Å²) in [4.78, 5) is 28.7. The molecule has 2 heterocycles. The second kappa shape index (κ2) is 9.94. The van der Waals surface area contributed by atoms with Gasteiger partial charge in [0.2, 0.25) is 11.8 Å². The predicted molar refractivity (Wildman–Crippen MR) is 117 cm³/mol. The summed E-state index contributed by atoms with van der Waals surface area (Å²) >= 11 is 0. The quantitative estimate of drug-likeness (QED) is 0.722. The third-order valence-corrected chi connectivity index (χ3v) is 5.84. The van der Waals surface area contributed by atoms with Gasteiger partial charge in [-0.05, 0) is 24.6 Å². The SMILES string of the molecule is Cc1ccc([C@H](C[NH+]2CCOCC2)NC(=O)CN2C(=O)CCOc3ccccc32)cc1. The van der Waals surface area contributed by atoms with Crippen LogP contribution in [0.2, 0.25) is 0 Å². The van der Waals surface area contributed by atoms with E-state index < -0.39 is 0 Å². The lowest BCUT2D eigenvalue weighted by molar-refractivity contribution is -0.909. The number of quaternary nitrogens is 1. The normalized spacial score (nSPS) is 18.0. The molecule has 0 radical (unpaired) electrons. The Morgan fingerprint density at radius 2 is 1.84 bits per heavy atom. The molecule has 1 atom stereocenters. The first-order valence-electron chi connectivity index (χ1n) is 10.9. The van der Waals surface area contributed by atoms with Crippen LogP contribution in [0, 0.1) is 6.92 Å². The van der Waals surface area contributed by atoms with Gasteiger partial charge in [0.25, 0.3) is 0 Å². The second-order valence-corrected chi connectivity index (χ2v) is 8.14. The molecule has 164 valence electrons. The minimum atomic E-state index is -0.178. The number of amides is 2. The van der Waals surface area contributed by atoms with E-state index in [1.165, 1.54) is 15.4 Å². The van der Waals surface area contributed by atoms with Gasteiger partial charge in [-0.1, -0.05) is 42.0 Å². The highest BCUT2D eigenvalue weighted by Gasteiger charge is 2.28. The van der Waals surface area contributed by atoms with Crippen molar-refractivity contribution < 1.29 is 24.0 Å². The lowest BCUT2D eigenvalue weighted by Gasteiger charge is -2.29. The van der Waals surface area contributed by atoms with Crippen molar-refractivity contribution in [3.8, 4) is 5.75 Å². The maximum Gasteiger partial charge on any atom is 0.240 e. The van der Waals surface area contributed by atoms with Crippen molar-refractivity contribution in [2.45, 2.75) is 19.4 Å². The number of ether oxygens (including phenoxy) is 2. The summed E-state index contributed by atoms with van der Waals surface area (Å²) in [6.07, 6.45) is 0.251. The van der Waals surface area contributed by atoms with Crippen LogP contribution in [0.3, 0.4) is 0 Å². The first-order valence-corrected chi connectivity index (χ1v) is 10.9. The zero-order valence-electron chi connectivity index (χ0n) is 17.9. The van der Waals surface area contributed by atoms with Crippen molar-refractivity contribution in [3.63, 3.8) is 0 Å². The van der Waals surface area contributed by atoms with E-state index in [4.69, 9.17) is 9.47 Å². The number of carbonyl (C=O) groups is 2. The molecule has 0 aliphatic carbocycles. The molecule has 7 nitrogen and oxygen atoms in total. The lowest BCUT2D eigenvalue weighted by atomic mass is 10.0. The number of anilines is 1. The molecule has 2 amide bonds. The van der Waals surface area contributed by atoms with Gasteiger partial charge in [0, 0.05) is 0 Å². The van der Waals surface area contributed by atoms with Gasteiger partial charge >= 0.3 is 0 Å². The van der Waals surface area contributed by atoms with Gasteiger partial charge in [-0.25, -0.2) is 0 Å². The van der Waals surface area contributed by atoms with Crippen molar-refractivity contribution in [1.29, 1.82) is 0 Å². The van der Waals surface area contributed by atoms with E-state index in [-0.39, 0.29) is 30.8 Å². The summed E-state index contributed by atoms with van der Waals surface area (Å²) in [5, 5.41) is 3.18. The Balaban J connectivity index is 1.50. The largest absolute Gasteiger partial charge is 0.491 e. The second-order valence-electron chi connectivity index (χ2n) is 8.14. The molecule has 0 unspecified atom stereocenters. The number of aryl methyl sites for hydroxylation is 1. The van der Waals surface area contributed by atoms with Gasteiger partial charge in [0.1, 0.15) is 38.0 Å². The number of nitrogens with one attached hydrogen (secondary N) is 2. The average Bonchev–Trinajstić information content (AvgIpc) is 2.93. The molecule has 2 aromatic carbocycles. The van der Waals surface area contributed by atoms with Crippen LogP contribution in [0.25, 0.3) is 0 Å². The van der Waals surface area contributed by atoms with Crippen LogP contribution in [0.15, 0.2) is 48.5 Å². The monoisotopic (exact) mass is 424 g/mol. The molecule has 2 aliphatic rings. The molecule has 1 saturated heterocycles. The first-order chi connectivity index (χ1) is 15.1. The number of benzene rings is 2. The molecule has 4 rings (SSSR count). The van der Waals surface area contributed by atoms with E-state index >= 15 is 0 Å². The maximum atomic E-state index is 13.1. The molecule has 0 aromatic heterocycles. The van der Waals surface area contributed by atoms with E-state index in [1.807, 2.05) is 24.3 Å². The molecular formula is C24H30N3O4+. The van der Waals surface area contributed by atoms with Gasteiger partial charge in [-0.15, -0.1) is 0 Å². The van der Waals surface area contributed by atoms with E-state index in [9.17, 15) is 9.59 Å². The topological polar surface area (TPSA) is 72.3 Å². The number of morpholine rings is 1. The fraction of sp³-hybridized carbons (Fsp3) is 0.417. The van der Waals surface area contributed by atoms with Crippen molar-refractivity contribution in [2.75, 3.05) is 50.9 Å². The summed E-state index contributed by atoms with van der Waals surface area (Å²) in [6, 6.07) is 15.5. The van der Waals surface area contributed by atoms with Crippen molar-refractivity contribution in [1.82, 2.24) is 5.32 Å². The van der Waals surface area contributed by atoms with Crippen LogP contribution in [0.5, 0.6) is 5.75 Å². The summed E-state index contributed by atoms with van der Waals surface area (Å²) in [5.41, 5.74) is 2.90. The number of nitrogens with zero attached hydrogens (tertiary/aromatic N) is 1. The Morgan fingerprint density at radius 1 is 1.10 bits per heavy atom. The Kier molecular flexibility index (Phi) is 6.84. The molecule has 7 heteroatoms. The molecule has 0 saturated carbocycles. The van der Waals surface area contributed by atoms with Crippen molar-refractivity contribution in [3.05, 3.63) is 59.7 Å². The Morgan fingerprint density at radius 3 is 2.61 bits per heavy atom. The van der Waals surface area contributed by atoms with Gasteiger partial charge in [0.15, 0.2) is 0 Å². The standard InChI is InChI=1S/C24H29N3O4/c1-18-6-8-19(9-7-18)20(16-26-11-14-30-15-12-26)25-23(28)17-27-21-4-2-3-5-22(21)31-13-10-24(27)29/h2-9,20H,10-17H2,1H3,(H,25,28)/p+1/t20-/m0/s1. The van der Waals surface area contributed by atoms with Crippen molar-refractivity contribution >= 4 is 17.5 Å². The minimum absolute atomic E-state index is 0.0278. The summed E-state index contributed by atoms with van der Waals surface area (Å²) < 4.78 is 11.2. The molecule has 31 heavy (non-hydrogen) atoms. The number of hydrogen-bond acceptors (Lipinski definition) is 4. The van der Waals surface area contributed by atoms with Crippen molar-refractivity contribution in [2.24, 2.45) is 0 Å². The van der Waals surface area contributed by atoms with Gasteiger partial charge in [-0.3, -0.25) is 14.5 Å². The molecule has 2 aliphatic heterocycles. The van der Waals surface area contributed by atoms with Crippen LogP contribution in [-0.4, -0.2) is 57.8 Å². The van der Waals surface area contributed by atoms with Gasteiger partial charge < -0.3 is 19.7 Å². The summed E-state index contributed by atoms with van der Waals surface area (Å²) in [7, 11) is 0. The fourth-order valence-corrected chi connectivity index (χ4v) is 4.08. The van der Waals surface area contributed by atoms with Crippen LogP contribution in [0.1, 0.15) is 23.6 Å². The number of fused-ring (bicyclic) bond motifs is 1. The first kappa shape index (κ1) is 21.3. The van der Waals surface area contributed by atoms with Gasteiger partial charge in [0.05, 0.1) is 31.9 Å². The maximum absolute atomic E-state index is 13.1. The third-order valence-electron chi connectivity index (χ3n) is 5.84. The summed E-state index contributed by atoms with van der Waals surface area (Å²) in [6.45, 7) is 6.45. The molecule has 1 fully saturated rings. The van der Waals surface area contributed by atoms with Crippen LogP contribution >= 0.6 is 0 Å². The van der Waals surface area contributed by atoms with E-state index in [2.05, 4.69) is 36.5 Å². The Labute approximate surface area is 182 Å². The van der Waals surface area contributed by atoms with E-state index in [0.717, 1.165) is 38.4 Å². The number of hydrogen-bond donors (Lipinski definition) is 2. The highest BCUT2D eigenvalue weighted by Crippen LogP contribution is 2.30. The Hall–Kier alpha value is -2.90. The minimum Gasteiger partial charge on any atom is -0.491 e. The van der Waals surface area contributed by atoms with Gasteiger partial charge in [-0.2, -0.15) is 0 Å². The average molecular weight is 425 g/mol. The molecule has 0 spiro atoms. The van der Waals surface area contributed by atoms with Crippen LogP contribution < -0.4 is 19.9 Å².